The maximum Gasteiger partial charge on any atom is 0.253 e. The summed E-state index contributed by atoms with van der Waals surface area (Å²) in [5.41, 5.74) is 4.04. The van der Waals surface area contributed by atoms with Gasteiger partial charge in [-0.3, -0.25) is 9.59 Å². The summed E-state index contributed by atoms with van der Waals surface area (Å²) in [6, 6.07) is 23.3. The predicted octanol–water partition coefficient (Wildman–Crippen LogP) is 4.25. The Kier molecular flexibility index (Phi) is 11.6. The lowest BCUT2D eigenvalue weighted by Gasteiger charge is -2.38. The van der Waals surface area contributed by atoms with Crippen molar-refractivity contribution in [3.05, 3.63) is 83.9 Å². The first-order chi connectivity index (χ1) is 20.5. The lowest BCUT2D eigenvalue weighted by molar-refractivity contribution is -0.121. The summed E-state index contributed by atoms with van der Waals surface area (Å²) in [5.74, 6) is 0.435. The molecule has 2 amide bonds. The second-order valence-electron chi connectivity index (χ2n) is 10.2. The summed E-state index contributed by atoms with van der Waals surface area (Å²) in [4.78, 5) is 32.9. The van der Waals surface area contributed by atoms with Crippen molar-refractivity contribution in [1.82, 2.24) is 10.2 Å². The number of carbonyl (C=O) groups is 2. The molecule has 1 heterocycles. The maximum absolute atomic E-state index is 13.5. The predicted molar refractivity (Wildman–Crippen MR) is 169 cm³/mol. The minimum Gasteiger partial charge on any atom is -0.495 e. The van der Waals surface area contributed by atoms with Crippen LogP contribution in [0.2, 0.25) is 0 Å². The fourth-order valence-corrected chi connectivity index (χ4v) is 5.15. The fraction of sp³-hybridized carbons (Fsp3) is 0.394. The number of nitrogens with zero attached hydrogens (tertiary/aromatic N) is 3. The van der Waals surface area contributed by atoms with E-state index >= 15 is 0 Å². The van der Waals surface area contributed by atoms with Gasteiger partial charge in [-0.25, -0.2) is 0 Å². The highest BCUT2D eigenvalue weighted by Gasteiger charge is 2.24. The summed E-state index contributed by atoms with van der Waals surface area (Å²) in [6.45, 7) is 10.8. The van der Waals surface area contributed by atoms with Crippen molar-refractivity contribution in [3.8, 4) is 5.75 Å². The Morgan fingerprint density at radius 1 is 0.857 bits per heavy atom. The van der Waals surface area contributed by atoms with E-state index < -0.39 is 0 Å². The lowest BCUT2D eigenvalue weighted by Crippen LogP contribution is -2.47. The highest BCUT2D eigenvalue weighted by Crippen LogP contribution is 2.31. The van der Waals surface area contributed by atoms with Crippen LogP contribution in [-0.2, 0) is 16.1 Å². The molecular formula is C33H43N5O4. The molecule has 42 heavy (non-hydrogen) atoms. The first-order valence-corrected chi connectivity index (χ1v) is 14.7. The van der Waals surface area contributed by atoms with Gasteiger partial charge in [0.1, 0.15) is 12.4 Å². The third kappa shape index (κ3) is 8.47. The fourth-order valence-electron chi connectivity index (χ4n) is 5.15. The normalized spacial score (nSPS) is 13.2. The molecule has 1 aliphatic rings. The molecule has 3 aromatic rings. The van der Waals surface area contributed by atoms with E-state index in [1.807, 2.05) is 60.7 Å². The number of carbonyl (C=O) groups excluding carboxylic acids is 2. The zero-order chi connectivity index (χ0) is 29.7. The van der Waals surface area contributed by atoms with Crippen LogP contribution in [0.1, 0.15) is 29.8 Å². The monoisotopic (exact) mass is 573 g/mol. The number of rotatable bonds is 14. The van der Waals surface area contributed by atoms with Crippen molar-refractivity contribution in [2.75, 3.05) is 81.2 Å². The van der Waals surface area contributed by atoms with Gasteiger partial charge >= 0.3 is 0 Å². The Balaban J connectivity index is 1.44. The number of anilines is 3. The van der Waals surface area contributed by atoms with Gasteiger partial charge in [0.05, 0.1) is 25.0 Å². The minimum absolute atomic E-state index is 0.0764. The van der Waals surface area contributed by atoms with Gasteiger partial charge in [-0.1, -0.05) is 56.3 Å². The van der Waals surface area contributed by atoms with E-state index in [1.165, 1.54) is 0 Å². The van der Waals surface area contributed by atoms with E-state index in [0.717, 1.165) is 68.5 Å². The first kappa shape index (κ1) is 30.9. The largest absolute Gasteiger partial charge is 0.495 e. The molecule has 0 saturated carbocycles. The molecule has 1 fully saturated rings. The van der Waals surface area contributed by atoms with Crippen LogP contribution in [-0.4, -0.2) is 82.8 Å². The van der Waals surface area contributed by atoms with Crippen LogP contribution in [0.4, 0.5) is 17.1 Å². The summed E-state index contributed by atoms with van der Waals surface area (Å²) in [7, 11) is 1.69. The molecule has 0 unspecified atom stereocenters. The Bertz CT molecular complexity index is 1290. The maximum atomic E-state index is 13.5. The third-order valence-electron chi connectivity index (χ3n) is 7.52. The Morgan fingerprint density at radius 2 is 1.52 bits per heavy atom. The third-order valence-corrected chi connectivity index (χ3v) is 7.52. The van der Waals surface area contributed by atoms with Gasteiger partial charge in [0, 0.05) is 50.6 Å². The number of benzene rings is 3. The van der Waals surface area contributed by atoms with Gasteiger partial charge in [0.15, 0.2) is 0 Å². The molecular weight excluding hydrogens is 530 g/mol. The SMILES string of the molecule is CCN(CC)CCNC(=O)c1cc(NC(=O)COCc2ccccc2)ccc1N1CCN(c2ccccc2OC)CC1. The van der Waals surface area contributed by atoms with Crippen LogP contribution in [0.15, 0.2) is 72.8 Å². The first-order valence-electron chi connectivity index (χ1n) is 14.7. The summed E-state index contributed by atoms with van der Waals surface area (Å²) >= 11 is 0. The van der Waals surface area contributed by atoms with E-state index in [1.54, 1.807) is 13.2 Å². The number of ether oxygens (including phenoxy) is 2. The number of hydrogen-bond donors (Lipinski definition) is 2. The molecule has 1 aliphatic heterocycles. The van der Waals surface area contributed by atoms with Crippen molar-refractivity contribution in [1.29, 1.82) is 0 Å². The van der Waals surface area contributed by atoms with Gasteiger partial charge in [-0.05, 0) is 49.0 Å². The average molecular weight is 574 g/mol. The average Bonchev–Trinajstić information content (AvgIpc) is 3.03. The van der Waals surface area contributed by atoms with Crippen molar-refractivity contribution >= 4 is 28.9 Å². The van der Waals surface area contributed by atoms with Gasteiger partial charge in [0.2, 0.25) is 5.91 Å². The van der Waals surface area contributed by atoms with Gasteiger partial charge in [0.25, 0.3) is 5.91 Å². The molecule has 0 aromatic heterocycles. The van der Waals surface area contributed by atoms with Crippen LogP contribution in [0.3, 0.4) is 0 Å². The Morgan fingerprint density at radius 3 is 2.21 bits per heavy atom. The zero-order valence-corrected chi connectivity index (χ0v) is 25.0. The summed E-state index contributed by atoms with van der Waals surface area (Å²) in [5, 5.41) is 5.98. The van der Waals surface area contributed by atoms with Crippen molar-refractivity contribution in [2.45, 2.75) is 20.5 Å². The van der Waals surface area contributed by atoms with Gasteiger partial charge in [-0.2, -0.15) is 0 Å². The summed E-state index contributed by atoms with van der Waals surface area (Å²) in [6.07, 6.45) is 0. The molecule has 0 atom stereocenters. The number of methoxy groups -OCH3 is 1. The molecule has 0 radical (unpaired) electrons. The molecule has 0 bridgehead atoms. The van der Waals surface area contributed by atoms with Crippen LogP contribution in [0.5, 0.6) is 5.75 Å². The molecule has 2 N–H and O–H groups in total. The number of likely N-dealkylation sites (N-methyl/N-ethyl adjacent to an activating group) is 1. The number of nitrogens with one attached hydrogen (secondary N) is 2. The highest BCUT2D eigenvalue weighted by molar-refractivity contribution is 6.02. The standard InChI is InChI=1S/C33H43N5O4/c1-4-36(5-2)18-17-34-33(40)28-23-27(35-32(39)25-42-24-26-11-7-6-8-12-26)15-16-29(28)37-19-21-38(22-20-37)30-13-9-10-14-31(30)41-3/h6-16,23H,4-5,17-22,24-25H2,1-3H3,(H,34,40)(H,35,39). The zero-order valence-electron chi connectivity index (χ0n) is 25.0. The smallest absolute Gasteiger partial charge is 0.253 e. The number of hydrogen-bond acceptors (Lipinski definition) is 7. The van der Waals surface area contributed by atoms with Crippen LogP contribution < -0.4 is 25.2 Å². The second-order valence-corrected chi connectivity index (χ2v) is 10.2. The number of para-hydroxylation sites is 2. The molecule has 1 saturated heterocycles. The Labute approximate surface area is 249 Å². The van der Waals surface area contributed by atoms with Crippen LogP contribution in [0.25, 0.3) is 0 Å². The van der Waals surface area contributed by atoms with Crippen molar-refractivity contribution in [3.63, 3.8) is 0 Å². The molecule has 3 aromatic carbocycles. The lowest BCUT2D eigenvalue weighted by atomic mass is 10.1. The molecule has 9 heteroatoms. The second kappa shape index (κ2) is 15.8. The Hall–Kier alpha value is -4.08. The quantitative estimate of drug-likeness (QED) is 0.298. The topological polar surface area (TPSA) is 86.4 Å². The van der Waals surface area contributed by atoms with Crippen molar-refractivity contribution in [2.24, 2.45) is 0 Å². The summed E-state index contributed by atoms with van der Waals surface area (Å²) < 4.78 is 11.2. The minimum atomic E-state index is -0.267. The van der Waals surface area contributed by atoms with Crippen LogP contribution in [0, 0.1) is 0 Å². The molecule has 0 aliphatic carbocycles. The number of amides is 2. The van der Waals surface area contributed by atoms with E-state index in [9.17, 15) is 9.59 Å². The van der Waals surface area contributed by atoms with Gasteiger partial charge < -0.3 is 34.8 Å². The molecule has 224 valence electrons. The van der Waals surface area contributed by atoms with Crippen LogP contribution >= 0.6 is 0 Å². The number of piperazine rings is 1. The highest BCUT2D eigenvalue weighted by atomic mass is 16.5. The van der Waals surface area contributed by atoms with E-state index in [4.69, 9.17) is 9.47 Å². The van der Waals surface area contributed by atoms with E-state index in [0.29, 0.717) is 24.4 Å². The van der Waals surface area contributed by atoms with E-state index in [-0.39, 0.29) is 18.4 Å². The van der Waals surface area contributed by atoms with Crippen molar-refractivity contribution < 1.29 is 19.1 Å². The van der Waals surface area contributed by atoms with Gasteiger partial charge in [-0.15, -0.1) is 0 Å². The molecule has 0 spiro atoms. The molecule has 9 nitrogen and oxygen atoms in total. The van der Waals surface area contributed by atoms with E-state index in [2.05, 4.69) is 45.2 Å². The molecule has 4 rings (SSSR count).